The zero-order valence-corrected chi connectivity index (χ0v) is 16.3. The number of aromatic nitrogens is 3. The molecule has 25 heavy (non-hydrogen) atoms. The minimum Gasteiger partial charge on any atom is -0.325 e. The number of nitrogens with zero attached hydrogens (tertiary/aromatic N) is 3. The van der Waals surface area contributed by atoms with Gasteiger partial charge in [0.15, 0.2) is 5.16 Å². The van der Waals surface area contributed by atoms with Crippen molar-refractivity contribution in [1.29, 1.82) is 0 Å². The van der Waals surface area contributed by atoms with Gasteiger partial charge in [-0.3, -0.25) is 9.36 Å². The second-order valence-electron chi connectivity index (χ2n) is 5.57. The van der Waals surface area contributed by atoms with E-state index in [1.807, 2.05) is 60.9 Å². The molecule has 1 amide bonds. The van der Waals surface area contributed by atoms with Crippen molar-refractivity contribution < 1.29 is 4.79 Å². The average molecular weight is 417 g/mol. The van der Waals surface area contributed by atoms with Crippen molar-refractivity contribution in [2.45, 2.75) is 19.0 Å². The zero-order valence-electron chi connectivity index (χ0n) is 13.9. The van der Waals surface area contributed by atoms with Crippen LogP contribution in [0.15, 0.2) is 58.4 Å². The Morgan fingerprint density at radius 3 is 2.76 bits per heavy atom. The van der Waals surface area contributed by atoms with E-state index in [9.17, 15) is 4.79 Å². The Bertz CT molecular complexity index is 910. The molecule has 1 aromatic heterocycles. The molecule has 1 N–H and O–H groups in total. The molecule has 0 saturated heterocycles. The molecule has 0 bridgehead atoms. The smallest absolute Gasteiger partial charge is 0.234 e. The number of halogens is 1. The number of nitrogens with one attached hydrogen (secondary N) is 1. The van der Waals surface area contributed by atoms with Crippen LogP contribution in [0.5, 0.6) is 0 Å². The van der Waals surface area contributed by atoms with Gasteiger partial charge in [0.05, 0.1) is 11.4 Å². The highest BCUT2D eigenvalue weighted by molar-refractivity contribution is 9.10. The molecule has 0 saturated carbocycles. The minimum absolute atomic E-state index is 0.0743. The van der Waals surface area contributed by atoms with Crippen LogP contribution in [0.1, 0.15) is 11.1 Å². The molecule has 0 radical (unpaired) electrons. The number of carbonyl (C=O) groups is 1. The summed E-state index contributed by atoms with van der Waals surface area (Å²) in [6.07, 6.45) is 1.67. The van der Waals surface area contributed by atoms with Gasteiger partial charge in [-0.2, -0.15) is 0 Å². The number of rotatable bonds is 5. The number of para-hydroxylation sites is 1. The predicted octanol–water partition coefficient (Wildman–Crippen LogP) is 4.38. The van der Waals surface area contributed by atoms with Gasteiger partial charge in [-0.25, -0.2) is 0 Å². The molecule has 128 valence electrons. The largest absolute Gasteiger partial charge is 0.325 e. The standard InChI is InChI=1S/C18H17BrN4OS/c1-12-5-3-4-6-16(12)23-11-20-22-18(23)25-10-17(24)21-15-8-7-14(19)9-13(15)2/h3-9,11H,10H2,1-2H3,(H,21,24). The van der Waals surface area contributed by atoms with E-state index in [-0.39, 0.29) is 11.7 Å². The molecule has 3 rings (SSSR count). The normalized spacial score (nSPS) is 10.7. The molecule has 0 spiro atoms. The third kappa shape index (κ3) is 4.29. The first-order valence-corrected chi connectivity index (χ1v) is 9.47. The quantitative estimate of drug-likeness (QED) is 0.626. The Morgan fingerprint density at radius 2 is 2.00 bits per heavy atom. The Hall–Kier alpha value is -2.12. The lowest BCUT2D eigenvalue weighted by Crippen LogP contribution is -2.15. The molecule has 3 aromatic rings. The van der Waals surface area contributed by atoms with Crippen LogP contribution in [0, 0.1) is 13.8 Å². The fourth-order valence-electron chi connectivity index (χ4n) is 2.41. The van der Waals surface area contributed by atoms with E-state index >= 15 is 0 Å². The molecule has 1 heterocycles. The summed E-state index contributed by atoms with van der Waals surface area (Å²) in [7, 11) is 0. The summed E-state index contributed by atoms with van der Waals surface area (Å²) in [6.45, 7) is 4.00. The molecular weight excluding hydrogens is 400 g/mol. The fraction of sp³-hybridized carbons (Fsp3) is 0.167. The second-order valence-corrected chi connectivity index (χ2v) is 7.42. The maximum Gasteiger partial charge on any atom is 0.234 e. The summed E-state index contributed by atoms with van der Waals surface area (Å²) in [5, 5.41) is 11.7. The molecule has 5 nitrogen and oxygen atoms in total. The van der Waals surface area contributed by atoms with E-state index in [4.69, 9.17) is 0 Å². The van der Waals surface area contributed by atoms with Gasteiger partial charge in [0, 0.05) is 10.2 Å². The van der Waals surface area contributed by atoms with Gasteiger partial charge in [0.1, 0.15) is 6.33 Å². The number of carbonyl (C=O) groups excluding carboxylic acids is 1. The first kappa shape index (κ1) is 17.7. The Morgan fingerprint density at radius 1 is 1.20 bits per heavy atom. The number of thioether (sulfide) groups is 1. The Kier molecular flexibility index (Phi) is 5.55. The van der Waals surface area contributed by atoms with Crippen molar-refractivity contribution in [1.82, 2.24) is 14.8 Å². The highest BCUT2D eigenvalue weighted by Crippen LogP contribution is 2.23. The third-order valence-electron chi connectivity index (χ3n) is 3.69. The number of hydrogen-bond acceptors (Lipinski definition) is 4. The van der Waals surface area contributed by atoms with Crippen molar-refractivity contribution in [2.75, 3.05) is 11.1 Å². The number of amides is 1. The average Bonchev–Trinajstić information content (AvgIpc) is 3.04. The molecule has 0 atom stereocenters. The van der Waals surface area contributed by atoms with E-state index < -0.39 is 0 Å². The van der Waals surface area contributed by atoms with Gasteiger partial charge in [0.25, 0.3) is 0 Å². The first-order chi connectivity index (χ1) is 12.0. The van der Waals surface area contributed by atoms with Crippen LogP contribution in [0.4, 0.5) is 5.69 Å². The van der Waals surface area contributed by atoms with E-state index in [1.54, 1.807) is 6.33 Å². The monoisotopic (exact) mass is 416 g/mol. The van der Waals surface area contributed by atoms with Crippen molar-refractivity contribution >= 4 is 39.3 Å². The summed E-state index contributed by atoms with van der Waals surface area (Å²) in [5.41, 5.74) is 3.96. The van der Waals surface area contributed by atoms with Gasteiger partial charge in [-0.15, -0.1) is 10.2 Å². The summed E-state index contributed by atoms with van der Waals surface area (Å²) >= 11 is 4.78. The third-order valence-corrected chi connectivity index (χ3v) is 5.12. The van der Waals surface area contributed by atoms with Gasteiger partial charge < -0.3 is 5.32 Å². The number of benzene rings is 2. The van der Waals surface area contributed by atoms with Gasteiger partial charge in [-0.1, -0.05) is 45.9 Å². The topological polar surface area (TPSA) is 59.8 Å². The lowest BCUT2D eigenvalue weighted by molar-refractivity contribution is -0.113. The summed E-state index contributed by atoms with van der Waals surface area (Å²) in [4.78, 5) is 12.3. The van der Waals surface area contributed by atoms with Crippen LogP contribution in [0.25, 0.3) is 5.69 Å². The van der Waals surface area contributed by atoms with E-state index in [0.717, 1.165) is 27.0 Å². The molecule has 7 heteroatoms. The lowest BCUT2D eigenvalue weighted by atomic mass is 10.2. The number of hydrogen-bond donors (Lipinski definition) is 1. The minimum atomic E-state index is -0.0743. The first-order valence-electron chi connectivity index (χ1n) is 7.69. The molecule has 0 aliphatic rings. The van der Waals surface area contributed by atoms with Crippen LogP contribution in [-0.2, 0) is 4.79 Å². The SMILES string of the molecule is Cc1cc(Br)ccc1NC(=O)CSc1nncn1-c1ccccc1C. The molecule has 0 aliphatic carbocycles. The van der Waals surface area contributed by atoms with Crippen LogP contribution in [-0.4, -0.2) is 26.4 Å². The van der Waals surface area contributed by atoms with Crippen molar-refractivity contribution in [3.05, 3.63) is 64.4 Å². The Labute approximate surface area is 159 Å². The number of aryl methyl sites for hydroxylation is 2. The highest BCUT2D eigenvalue weighted by Gasteiger charge is 2.12. The summed E-state index contributed by atoms with van der Waals surface area (Å²) in [5.74, 6) is 0.190. The molecule has 2 aromatic carbocycles. The molecule has 0 aliphatic heterocycles. The predicted molar refractivity (Wildman–Crippen MR) is 104 cm³/mol. The van der Waals surface area contributed by atoms with Crippen molar-refractivity contribution in [2.24, 2.45) is 0 Å². The van der Waals surface area contributed by atoms with Crippen LogP contribution in [0.2, 0.25) is 0 Å². The van der Waals surface area contributed by atoms with E-state index in [1.165, 1.54) is 11.8 Å². The van der Waals surface area contributed by atoms with E-state index in [2.05, 4.69) is 31.4 Å². The van der Waals surface area contributed by atoms with Crippen molar-refractivity contribution in [3.8, 4) is 5.69 Å². The number of anilines is 1. The van der Waals surface area contributed by atoms with Gasteiger partial charge >= 0.3 is 0 Å². The zero-order chi connectivity index (χ0) is 17.8. The molecular formula is C18H17BrN4OS. The highest BCUT2D eigenvalue weighted by atomic mass is 79.9. The Balaban J connectivity index is 1.67. The summed E-state index contributed by atoms with van der Waals surface area (Å²) < 4.78 is 2.89. The fourth-order valence-corrected chi connectivity index (χ4v) is 3.60. The van der Waals surface area contributed by atoms with Gasteiger partial charge in [0.2, 0.25) is 5.91 Å². The van der Waals surface area contributed by atoms with E-state index in [0.29, 0.717) is 5.16 Å². The van der Waals surface area contributed by atoms with Crippen molar-refractivity contribution in [3.63, 3.8) is 0 Å². The van der Waals surface area contributed by atoms with Crippen LogP contribution >= 0.6 is 27.7 Å². The lowest BCUT2D eigenvalue weighted by Gasteiger charge is -2.10. The summed E-state index contributed by atoms with van der Waals surface area (Å²) in [6, 6.07) is 13.8. The molecule has 0 unspecified atom stereocenters. The second kappa shape index (κ2) is 7.84. The maximum absolute atomic E-state index is 12.3. The van der Waals surface area contributed by atoms with Crippen LogP contribution in [0.3, 0.4) is 0 Å². The maximum atomic E-state index is 12.3. The van der Waals surface area contributed by atoms with Crippen LogP contribution < -0.4 is 5.32 Å². The molecule has 0 fully saturated rings. The van der Waals surface area contributed by atoms with Gasteiger partial charge in [-0.05, 0) is 49.2 Å².